The van der Waals surface area contributed by atoms with Crippen molar-refractivity contribution < 1.29 is 9.90 Å². The zero-order chi connectivity index (χ0) is 11.0. The van der Waals surface area contributed by atoms with Crippen molar-refractivity contribution in [1.29, 1.82) is 0 Å². The quantitative estimate of drug-likeness (QED) is 0.531. The smallest absolute Gasteiger partial charge is 0.230 e. The van der Waals surface area contributed by atoms with E-state index in [2.05, 4.69) is 9.97 Å². The Morgan fingerprint density at radius 2 is 2.20 bits per heavy atom. The van der Waals surface area contributed by atoms with E-state index in [-0.39, 0.29) is 36.2 Å². The number of β-amino-alcohol motifs (C(OH)–C–C–N with tert-alkyl or cyclic N) is 1. The van der Waals surface area contributed by atoms with Gasteiger partial charge in [-0.3, -0.25) is 9.69 Å². The molecular weight excluding hydrogens is 198 g/mol. The highest BCUT2D eigenvalue weighted by molar-refractivity contribution is 5.98. The number of carbonyl (C=O) groups is 1. The molecular formula is C8H11N5O2. The first kappa shape index (κ1) is 9.66. The molecule has 1 fully saturated rings. The molecule has 7 heteroatoms. The van der Waals surface area contributed by atoms with Gasteiger partial charge in [0.2, 0.25) is 5.91 Å². The van der Waals surface area contributed by atoms with Gasteiger partial charge in [-0.2, -0.15) is 0 Å². The molecule has 0 spiro atoms. The Morgan fingerprint density at radius 3 is 2.80 bits per heavy atom. The van der Waals surface area contributed by atoms with Gasteiger partial charge in [0.15, 0.2) is 11.6 Å². The Balaban J connectivity index is 2.38. The van der Waals surface area contributed by atoms with E-state index in [1.165, 1.54) is 11.2 Å². The van der Waals surface area contributed by atoms with Gasteiger partial charge in [0, 0.05) is 0 Å². The molecule has 15 heavy (non-hydrogen) atoms. The lowest BCUT2D eigenvalue weighted by Crippen LogP contribution is -2.27. The predicted octanol–water partition coefficient (Wildman–Crippen LogP) is -1.26. The number of rotatable bonds is 1. The number of nitrogen functional groups attached to an aromatic ring is 2. The van der Waals surface area contributed by atoms with Crippen molar-refractivity contribution in [3.05, 3.63) is 6.33 Å². The number of amides is 1. The Hall–Kier alpha value is -1.89. The van der Waals surface area contributed by atoms with Crippen LogP contribution in [0.25, 0.3) is 0 Å². The van der Waals surface area contributed by atoms with Crippen LogP contribution in [0.4, 0.5) is 17.3 Å². The largest absolute Gasteiger partial charge is 0.393 e. The first-order chi connectivity index (χ1) is 7.09. The van der Waals surface area contributed by atoms with E-state index in [0.717, 1.165) is 0 Å². The Labute approximate surface area is 85.7 Å². The second kappa shape index (κ2) is 3.35. The van der Waals surface area contributed by atoms with Gasteiger partial charge in [-0.25, -0.2) is 9.97 Å². The highest BCUT2D eigenvalue weighted by Gasteiger charge is 2.31. The first-order valence-corrected chi connectivity index (χ1v) is 4.44. The van der Waals surface area contributed by atoms with Crippen LogP contribution in [0, 0.1) is 0 Å². The van der Waals surface area contributed by atoms with Crippen LogP contribution in [0.15, 0.2) is 6.33 Å². The molecule has 0 aromatic carbocycles. The maximum Gasteiger partial charge on any atom is 0.230 e. The maximum absolute atomic E-state index is 11.5. The summed E-state index contributed by atoms with van der Waals surface area (Å²) in [5.74, 6) is 0.186. The molecule has 1 aromatic rings. The Morgan fingerprint density at radius 1 is 1.47 bits per heavy atom. The number of aliphatic hydroxyl groups excluding tert-OH is 1. The van der Waals surface area contributed by atoms with Gasteiger partial charge >= 0.3 is 0 Å². The normalized spacial score (nSPS) is 21.0. The van der Waals surface area contributed by atoms with Gasteiger partial charge in [-0.1, -0.05) is 0 Å². The molecule has 5 N–H and O–H groups in total. The molecule has 7 nitrogen and oxygen atoms in total. The fourth-order valence-electron chi connectivity index (χ4n) is 1.51. The molecule has 0 aliphatic carbocycles. The number of aromatic nitrogens is 2. The van der Waals surface area contributed by atoms with E-state index in [4.69, 9.17) is 11.5 Å². The van der Waals surface area contributed by atoms with E-state index in [1.54, 1.807) is 0 Å². The summed E-state index contributed by atoms with van der Waals surface area (Å²) in [6.45, 7) is 0.194. The SMILES string of the molecule is Nc1ncnc(N2CC(O)CC2=O)c1N. The van der Waals surface area contributed by atoms with Gasteiger partial charge < -0.3 is 16.6 Å². The van der Waals surface area contributed by atoms with Gasteiger partial charge in [0.05, 0.1) is 19.1 Å². The summed E-state index contributed by atoms with van der Waals surface area (Å²) in [5, 5.41) is 9.31. The molecule has 1 aliphatic rings. The summed E-state index contributed by atoms with van der Waals surface area (Å²) in [7, 11) is 0. The highest BCUT2D eigenvalue weighted by atomic mass is 16.3. The second-order valence-electron chi connectivity index (χ2n) is 3.36. The zero-order valence-electron chi connectivity index (χ0n) is 7.92. The molecule has 80 valence electrons. The minimum atomic E-state index is -0.673. The van der Waals surface area contributed by atoms with Crippen LogP contribution >= 0.6 is 0 Å². The Kier molecular flexibility index (Phi) is 2.16. The van der Waals surface area contributed by atoms with E-state index >= 15 is 0 Å². The lowest BCUT2D eigenvalue weighted by molar-refractivity contribution is -0.117. The van der Waals surface area contributed by atoms with Crippen molar-refractivity contribution >= 4 is 23.2 Å². The van der Waals surface area contributed by atoms with Crippen LogP contribution < -0.4 is 16.4 Å². The van der Waals surface area contributed by atoms with Crippen molar-refractivity contribution in [3.8, 4) is 0 Å². The third-order valence-electron chi connectivity index (χ3n) is 2.25. The summed E-state index contributed by atoms with van der Waals surface area (Å²) < 4.78 is 0. The third-order valence-corrected chi connectivity index (χ3v) is 2.25. The second-order valence-corrected chi connectivity index (χ2v) is 3.36. The third kappa shape index (κ3) is 1.57. The fourth-order valence-corrected chi connectivity index (χ4v) is 1.51. The minimum absolute atomic E-state index is 0.0867. The van der Waals surface area contributed by atoms with Crippen LogP contribution in [0.1, 0.15) is 6.42 Å². The van der Waals surface area contributed by atoms with Gasteiger partial charge in [-0.05, 0) is 0 Å². The van der Waals surface area contributed by atoms with Crippen molar-refractivity contribution in [2.45, 2.75) is 12.5 Å². The molecule has 1 unspecified atom stereocenters. The molecule has 1 amide bonds. The number of nitrogens with two attached hydrogens (primary N) is 2. The van der Waals surface area contributed by atoms with E-state index < -0.39 is 6.10 Å². The lowest BCUT2D eigenvalue weighted by Gasteiger charge is -2.16. The topological polar surface area (TPSA) is 118 Å². The van der Waals surface area contributed by atoms with Crippen molar-refractivity contribution in [2.75, 3.05) is 22.9 Å². The zero-order valence-corrected chi connectivity index (χ0v) is 7.92. The van der Waals surface area contributed by atoms with E-state index in [0.29, 0.717) is 0 Å². The molecule has 2 heterocycles. The standard InChI is InChI=1S/C8H11N5O2/c9-6-7(10)11-3-12-8(6)13-2-4(14)1-5(13)15/h3-4,14H,1-2,9H2,(H2,10,11,12). The van der Waals surface area contributed by atoms with Crippen LogP contribution in [-0.2, 0) is 4.79 Å². The highest BCUT2D eigenvalue weighted by Crippen LogP contribution is 2.27. The van der Waals surface area contributed by atoms with Gasteiger partial charge in [-0.15, -0.1) is 0 Å². The maximum atomic E-state index is 11.5. The van der Waals surface area contributed by atoms with Crippen molar-refractivity contribution in [3.63, 3.8) is 0 Å². The molecule has 1 aromatic heterocycles. The number of aliphatic hydroxyl groups is 1. The molecule has 1 atom stereocenters. The summed E-state index contributed by atoms with van der Waals surface area (Å²) in [5.41, 5.74) is 11.3. The summed E-state index contributed by atoms with van der Waals surface area (Å²) >= 11 is 0. The first-order valence-electron chi connectivity index (χ1n) is 4.44. The molecule has 0 bridgehead atoms. The number of hydrogen-bond acceptors (Lipinski definition) is 6. The molecule has 0 saturated carbocycles. The number of carbonyl (C=O) groups excluding carboxylic acids is 1. The summed E-state index contributed by atoms with van der Waals surface area (Å²) in [4.78, 5) is 20.4. The lowest BCUT2D eigenvalue weighted by atomic mass is 10.3. The van der Waals surface area contributed by atoms with Crippen LogP contribution in [-0.4, -0.2) is 33.6 Å². The molecule has 0 radical (unpaired) electrons. The molecule has 1 aliphatic heterocycles. The van der Waals surface area contributed by atoms with Crippen molar-refractivity contribution in [2.24, 2.45) is 0 Å². The number of hydrogen-bond donors (Lipinski definition) is 3. The fraction of sp³-hybridized carbons (Fsp3) is 0.375. The van der Waals surface area contributed by atoms with Crippen LogP contribution in [0.3, 0.4) is 0 Å². The average molecular weight is 209 g/mol. The average Bonchev–Trinajstić information content (AvgIpc) is 2.50. The van der Waals surface area contributed by atoms with Gasteiger partial charge in [0.25, 0.3) is 0 Å². The van der Waals surface area contributed by atoms with E-state index in [1.807, 2.05) is 0 Å². The summed E-state index contributed by atoms with van der Waals surface area (Å²) in [6, 6.07) is 0. The van der Waals surface area contributed by atoms with Crippen LogP contribution in [0.5, 0.6) is 0 Å². The van der Waals surface area contributed by atoms with Gasteiger partial charge in [0.1, 0.15) is 12.0 Å². The monoisotopic (exact) mass is 209 g/mol. The Bertz CT molecular complexity index is 408. The number of nitrogens with zero attached hydrogens (tertiary/aromatic N) is 3. The van der Waals surface area contributed by atoms with Crippen LogP contribution in [0.2, 0.25) is 0 Å². The van der Waals surface area contributed by atoms with E-state index in [9.17, 15) is 9.90 Å². The minimum Gasteiger partial charge on any atom is -0.393 e. The predicted molar refractivity (Wildman–Crippen MR) is 53.8 cm³/mol. The number of anilines is 3. The summed E-state index contributed by atoms with van der Waals surface area (Å²) in [6.07, 6.45) is 0.649. The molecule has 1 saturated heterocycles. The van der Waals surface area contributed by atoms with Crippen molar-refractivity contribution in [1.82, 2.24) is 9.97 Å². The molecule has 2 rings (SSSR count).